The SMILES string of the molecule is CCCNCCN(CC(CCC)CCC)c1nc(N)c(C(N)=O)[nH]c1=O. The third-order valence-electron chi connectivity index (χ3n) is 4.33. The number of nitrogens with two attached hydrogens (primary N) is 2. The summed E-state index contributed by atoms with van der Waals surface area (Å²) in [5.74, 6) is -0.0942. The Balaban J connectivity index is 3.08. The molecule has 148 valence electrons. The van der Waals surface area contributed by atoms with E-state index in [9.17, 15) is 9.59 Å². The third-order valence-corrected chi connectivity index (χ3v) is 4.33. The third kappa shape index (κ3) is 6.67. The van der Waals surface area contributed by atoms with Crippen LogP contribution < -0.4 is 27.2 Å². The molecule has 8 heteroatoms. The summed E-state index contributed by atoms with van der Waals surface area (Å²) < 4.78 is 0. The Morgan fingerprint density at radius 3 is 2.38 bits per heavy atom. The van der Waals surface area contributed by atoms with E-state index in [-0.39, 0.29) is 17.3 Å². The number of aromatic amines is 1. The second kappa shape index (κ2) is 11.5. The van der Waals surface area contributed by atoms with Gasteiger partial charge in [0.1, 0.15) is 5.69 Å². The minimum Gasteiger partial charge on any atom is -0.382 e. The number of carbonyl (C=O) groups is 1. The molecule has 0 atom stereocenters. The van der Waals surface area contributed by atoms with E-state index in [1.165, 1.54) is 0 Å². The van der Waals surface area contributed by atoms with E-state index in [0.717, 1.165) is 51.7 Å². The Labute approximate surface area is 155 Å². The van der Waals surface area contributed by atoms with Crippen LogP contribution in [0.1, 0.15) is 63.4 Å². The summed E-state index contributed by atoms with van der Waals surface area (Å²) in [5, 5.41) is 3.35. The van der Waals surface area contributed by atoms with Crippen molar-refractivity contribution >= 4 is 17.5 Å². The lowest BCUT2D eigenvalue weighted by atomic mass is 9.97. The van der Waals surface area contributed by atoms with Gasteiger partial charge in [0.2, 0.25) is 0 Å². The Morgan fingerprint density at radius 1 is 1.19 bits per heavy atom. The molecule has 0 radical (unpaired) electrons. The Kier molecular flexibility index (Phi) is 9.72. The molecular formula is C18H34N6O2. The molecule has 8 nitrogen and oxygen atoms in total. The molecule has 1 aromatic rings. The molecule has 0 saturated carbocycles. The highest BCUT2D eigenvalue weighted by Gasteiger charge is 2.20. The number of hydrogen-bond acceptors (Lipinski definition) is 6. The van der Waals surface area contributed by atoms with E-state index >= 15 is 0 Å². The van der Waals surface area contributed by atoms with E-state index in [4.69, 9.17) is 11.5 Å². The molecule has 0 spiro atoms. The summed E-state index contributed by atoms with van der Waals surface area (Å²) >= 11 is 0. The fourth-order valence-corrected chi connectivity index (χ4v) is 3.11. The predicted octanol–water partition coefficient (Wildman–Crippen LogP) is 1.47. The minimum atomic E-state index is -0.787. The van der Waals surface area contributed by atoms with E-state index in [2.05, 4.69) is 36.1 Å². The van der Waals surface area contributed by atoms with Crippen LogP contribution in [-0.2, 0) is 0 Å². The van der Waals surface area contributed by atoms with Crippen molar-refractivity contribution in [1.82, 2.24) is 15.3 Å². The number of nitrogens with one attached hydrogen (secondary N) is 2. The molecule has 0 bridgehead atoms. The number of aromatic nitrogens is 2. The maximum atomic E-state index is 12.5. The molecule has 6 N–H and O–H groups in total. The smallest absolute Gasteiger partial charge is 0.291 e. The molecule has 0 aliphatic heterocycles. The van der Waals surface area contributed by atoms with Gasteiger partial charge in [0.25, 0.3) is 11.5 Å². The van der Waals surface area contributed by atoms with Crippen molar-refractivity contribution in [2.75, 3.05) is 36.8 Å². The number of H-pyrrole nitrogens is 1. The molecule has 1 rings (SSSR count). The van der Waals surface area contributed by atoms with E-state index < -0.39 is 11.5 Å². The van der Waals surface area contributed by atoms with E-state index in [0.29, 0.717) is 12.5 Å². The van der Waals surface area contributed by atoms with Gasteiger partial charge in [-0.15, -0.1) is 0 Å². The van der Waals surface area contributed by atoms with Gasteiger partial charge >= 0.3 is 0 Å². The molecule has 0 aromatic carbocycles. The summed E-state index contributed by atoms with van der Waals surface area (Å²) in [7, 11) is 0. The van der Waals surface area contributed by atoms with Gasteiger partial charge in [-0.25, -0.2) is 4.98 Å². The summed E-state index contributed by atoms with van der Waals surface area (Å²) in [5.41, 5.74) is 10.5. The number of carbonyl (C=O) groups excluding carboxylic acids is 1. The Morgan fingerprint density at radius 2 is 1.85 bits per heavy atom. The van der Waals surface area contributed by atoms with E-state index in [1.54, 1.807) is 0 Å². The molecule has 26 heavy (non-hydrogen) atoms. The highest BCUT2D eigenvalue weighted by Crippen LogP contribution is 2.18. The number of hydrogen-bond donors (Lipinski definition) is 4. The minimum absolute atomic E-state index is 0.0406. The van der Waals surface area contributed by atoms with Crippen molar-refractivity contribution in [2.45, 2.75) is 52.9 Å². The second-order valence-corrected chi connectivity index (χ2v) is 6.65. The van der Waals surface area contributed by atoms with Crippen molar-refractivity contribution in [3.8, 4) is 0 Å². The molecule has 0 fully saturated rings. The fourth-order valence-electron chi connectivity index (χ4n) is 3.11. The van der Waals surface area contributed by atoms with Crippen molar-refractivity contribution in [1.29, 1.82) is 0 Å². The summed E-state index contributed by atoms with van der Waals surface area (Å²) in [6, 6.07) is 0. The first-order valence-corrected chi connectivity index (χ1v) is 9.59. The average Bonchev–Trinajstić information content (AvgIpc) is 2.59. The van der Waals surface area contributed by atoms with Crippen LogP contribution in [-0.4, -0.2) is 42.1 Å². The van der Waals surface area contributed by atoms with Gasteiger partial charge in [-0.3, -0.25) is 9.59 Å². The number of rotatable bonds is 13. The molecule has 0 aliphatic rings. The monoisotopic (exact) mass is 366 g/mol. The van der Waals surface area contributed by atoms with Gasteiger partial charge in [-0.2, -0.15) is 0 Å². The summed E-state index contributed by atoms with van der Waals surface area (Å²) in [4.78, 5) is 32.5. The maximum absolute atomic E-state index is 12.5. The van der Waals surface area contributed by atoms with Crippen molar-refractivity contribution in [2.24, 2.45) is 11.7 Å². The molecule has 1 aromatic heterocycles. The fraction of sp³-hybridized carbons (Fsp3) is 0.722. The van der Waals surface area contributed by atoms with Crippen molar-refractivity contribution < 1.29 is 4.79 Å². The zero-order chi connectivity index (χ0) is 19.5. The topological polar surface area (TPSA) is 130 Å². The van der Waals surface area contributed by atoms with Crippen molar-refractivity contribution in [3.05, 3.63) is 16.0 Å². The van der Waals surface area contributed by atoms with Gasteiger partial charge in [-0.05, 0) is 31.7 Å². The molecule has 1 amide bonds. The van der Waals surface area contributed by atoms with Crippen LogP contribution >= 0.6 is 0 Å². The summed E-state index contributed by atoms with van der Waals surface area (Å²) in [6.45, 7) is 9.50. The molecule has 0 aliphatic carbocycles. The lowest BCUT2D eigenvalue weighted by Crippen LogP contribution is -2.40. The molecule has 0 saturated heterocycles. The van der Waals surface area contributed by atoms with Crippen LogP contribution in [0.15, 0.2) is 4.79 Å². The van der Waals surface area contributed by atoms with Gasteiger partial charge in [0.15, 0.2) is 11.6 Å². The zero-order valence-electron chi connectivity index (χ0n) is 16.3. The number of nitrogens with zero attached hydrogens (tertiary/aromatic N) is 2. The number of amides is 1. The average molecular weight is 367 g/mol. The first-order valence-electron chi connectivity index (χ1n) is 9.59. The normalized spacial score (nSPS) is 11.1. The van der Waals surface area contributed by atoms with Crippen LogP contribution in [0.2, 0.25) is 0 Å². The van der Waals surface area contributed by atoms with Crippen LogP contribution in [0, 0.1) is 5.92 Å². The molecular weight excluding hydrogens is 332 g/mol. The largest absolute Gasteiger partial charge is 0.382 e. The van der Waals surface area contributed by atoms with E-state index in [1.807, 2.05) is 4.90 Å². The molecule has 0 unspecified atom stereocenters. The predicted molar refractivity (Wildman–Crippen MR) is 106 cm³/mol. The van der Waals surface area contributed by atoms with Gasteiger partial charge in [0, 0.05) is 19.6 Å². The van der Waals surface area contributed by atoms with Crippen molar-refractivity contribution in [3.63, 3.8) is 0 Å². The lowest BCUT2D eigenvalue weighted by Gasteiger charge is -2.28. The first-order chi connectivity index (χ1) is 12.4. The van der Waals surface area contributed by atoms with Crippen LogP contribution in [0.25, 0.3) is 0 Å². The highest BCUT2D eigenvalue weighted by molar-refractivity contribution is 5.95. The van der Waals surface area contributed by atoms with Crippen LogP contribution in [0.4, 0.5) is 11.6 Å². The first kappa shape index (κ1) is 22.0. The van der Waals surface area contributed by atoms with Gasteiger partial charge in [-0.1, -0.05) is 33.6 Å². The maximum Gasteiger partial charge on any atom is 0.291 e. The summed E-state index contributed by atoms with van der Waals surface area (Å²) in [6.07, 6.45) is 5.44. The Bertz CT molecular complexity index is 610. The Hall–Kier alpha value is -2.09. The standard InChI is InChI=1S/C18H34N6O2/c1-4-7-13(8-5-2)12-24(11-10-21-9-6-3)17-18(26)22-14(16(20)25)15(19)23-17/h13,21H,4-12H2,1-3H3,(H2,19,23)(H2,20,25)(H,22,26). The van der Waals surface area contributed by atoms with Gasteiger partial charge in [0.05, 0.1) is 0 Å². The number of anilines is 2. The van der Waals surface area contributed by atoms with Crippen LogP contribution in [0.5, 0.6) is 0 Å². The second-order valence-electron chi connectivity index (χ2n) is 6.65. The quantitative estimate of drug-likeness (QED) is 0.391. The highest BCUT2D eigenvalue weighted by atomic mass is 16.1. The molecule has 1 heterocycles. The van der Waals surface area contributed by atoms with Crippen LogP contribution in [0.3, 0.4) is 0 Å². The lowest BCUT2D eigenvalue weighted by molar-refractivity contribution is 0.0996. The van der Waals surface area contributed by atoms with Gasteiger partial charge < -0.3 is 26.7 Å². The zero-order valence-corrected chi connectivity index (χ0v) is 16.3. The number of nitrogen functional groups attached to an aromatic ring is 1. The number of primary amides is 1.